The van der Waals surface area contributed by atoms with Gasteiger partial charge in [0.25, 0.3) is 5.91 Å². The number of aromatic nitrogens is 2. The number of anilines is 1. The molecule has 31 heavy (non-hydrogen) atoms. The van der Waals surface area contributed by atoms with E-state index in [2.05, 4.69) is 41.5 Å². The summed E-state index contributed by atoms with van der Waals surface area (Å²) in [7, 11) is 4.59. The lowest BCUT2D eigenvalue weighted by Gasteiger charge is -2.12. The number of benzene rings is 2. The van der Waals surface area contributed by atoms with Crippen molar-refractivity contribution in [3.63, 3.8) is 0 Å². The number of carbonyl (C=O) groups is 1. The predicted molar refractivity (Wildman–Crippen MR) is 117 cm³/mol. The van der Waals surface area contributed by atoms with Gasteiger partial charge in [0, 0.05) is 6.08 Å². The molecule has 1 heterocycles. The highest BCUT2D eigenvalue weighted by Crippen LogP contribution is 2.38. The first-order valence-electron chi connectivity index (χ1n) is 9.61. The number of methoxy groups -OCH3 is 3. The summed E-state index contributed by atoms with van der Waals surface area (Å²) in [4.78, 5) is 12.3. The topological polar surface area (TPSA) is 95.7 Å². The van der Waals surface area contributed by atoms with Gasteiger partial charge in [0.05, 0.1) is 27.8 Å². The van der Waals surface area contributed by atoms with Crippen LogP contribution in [0, 0.1) is 13.8 Å². The van der Waals surface area contributed by atoms with E-state index in [1.54, 1.807) is 18.2 Å². The third-order valence-electron chi connectivity index (χ3n) is 4.74. The molecule has 162 valence electrons. The molecule has 8 heteroatoms. The molecular formula is C23H25N3O5. The minimum Gasteiger partial charge on any atom is -0.493 e. The molecule has 2 aromatic carbocycles. The van der Waals surface area contributed by atoms with Crippen LogP contribution in [0.5, 0.6) is 17.2 Å². The Bertz CT molecular complexity index is 1080. The lowest BCUT2D eigenvalue weighted by molar-refractivity contribution is -0.112. The van der Waals surface area contributed by atoms with Gasteiger partial charge in [-0.1, -0.05) is 23.3 Å². The van der Waals surface area contributed by atoms with Gasteiger partial charge in [0.15, 0.2) is 11.5 Å². The minimum absolute atomic E-state index is 0.0402. The Morgan fingerprint density at radius 3 is 2.32 bits per heavy atom. The van der Waals surface area contributed by atoms with Crippen LogP contribution < -0.4 is 19.5 Å². The quantitative estimate of drug-likeness (QED) is 0.548. The van der Waals surface area contributed by atoms with Crippen molar-refractivity contribution in [1.82, 2.24) is 10.2 Å². The van der Waals surface area contributed by atoms with E-state index in [4.69, 9.17) is 18.6 Å². The molecule has 0 aliphatic rings. The van der Waals surface area contributed by atoms with Crippen molar-refractivity contribution in [2.24, 2.45) is 0 Å². The first-order chi connectivity index (χ1) is 14.9. The summed E-state index contributed by atoms with van der Waals surface area (Å²) in [5.74, 6) is 1.49. The molecule has 0 aliphatic heterocycles. The number of amides is 1. The summed E-state index contributed by atoms with van der Waals surface area (Å²) in [6.07, 6.45) is 3.46. The van der Waals surface area contributed by atoms with Crippen LogP contribution in [0.4, 0.5) is 6.01 Å². The van der Waals surface area contributed by atoms with Crippen molar-refractivity contribution in [2.75, 3.05) is 26.6 Å². The summed E-state index contributed by atoms with van der Waals surface area (Å²) in [6.45, 7) is 4.11. The van der Waals surface area contributed by atoms with Gasteiger partial charge >= 0.3 is 6.01 Å². The molecule has 1 amide bonds. The second kappa shape index (κ2) is 9.80. The Hall–Kier alpha value is -3.81. The van der Waals surface area contributed by atoms with Crippen LogP contribution in [-0.2, 0) is 11.2 Å². The van der Waals surface area contributed by atoms with E-state index in [-0.39, 0.29) is 6.01 Å². The fraction of sp³-hybridized carbons (Fsp3) is 0.261. The van der Waals surface area contributed by atoms with Crippen molar-refractivity contribution in [3.05, 3.63) is 64.6 Å². The monoisotopic (exact) mass is 423 g/mol. The van der Waals surface area contributed by atoms with Gasteiger partial charge in [-0.2, -0.15) is 0 Å². The molecule has 1 aromatic heterocycles. The van der Waals surface area contributed by atoms with Crippen LogP contribution in [0.25, 0.3) is 6.08 Å². The van der Waals surface area contributed by atoms with E-state index in [1.165, 1.54) is 38.5 Å². The molecule has 0 bridgehead atoms. The second-order valence-electron chi connectivity index (χ2n) is 6.88. The highest BCUT2D eigenvalue weighted by atomic mass is 16.5. The van der Waals surface area contributed by atoms with Crippen LogP contribution in [0.1, 0.15) is 28.1 Å². The summed E-state index contributed by atoms with van der Waals surface area (Å²) in [5, 5.41) is 10.4. The molecule has 0 saturated carbocycles. The third kappa shape index (κ3) is 5.42. The summed E-state index contributed by atoms with van der Waals surface area (Å²) < 4.78 is 21.5. The predicted octanol–water partition coefficient (Wildman–Crippen LogP) is 3.95. The standard InChI is InChI=1S/C23H25N3O5/c1-14-6-7-16(10-15(14)2)13-21-25-26-23(31-21)24-20(27)9-8-17-11-18(28-3)22(30-5)19(12-17)29-4/h6-12H,13H2,1-5H3,(H,24,26,27). The van der Waals surface area contributed by atoms with Crippen molar-refractivity contribution in [1.29, 1.82) is 0 Å². The Kier molecular flexibility index (Phi) is 6.92. The van der Waals surface area contributed by atoms with Gasteiger partial charge in [0.1, 0.15) is 0 Å². The van der Waals surface area contributed by atoms with E-state index in [0.717, 1.165) is 5.56 Å². The number of rotatable bonds is 8. The lowest BCUT2D eigenvalue weighted by Crippen LogP contribution is -2.07. The number of aryl methyl sites for hydroxylation is 2. The van der Waals surface area contributed by atoms with Crippen LogP contribution in [0.15, 0.2) is 40.8 Å². The maximum absolute atomic E-state index is 12.3. The summed E-state index contributed by atoms with van der Waals surface area (Å²) >= 11 is 0. The van der Waals surface area contributed by atoms with E-state index < -0.39 is 5.91 Å². The normalized spacial score (nSPS) is 10.9. The maximum Gasteiger partial charge on any atom is 0.322 e. The highest BCUT2D eigenvalue weighted by molar-refractivity contribution is 6.00. The fourth-order valence-electron chi connectivity index (χ4n) is 2.98. The molecule has 8 nitrogen and oxygen atoms in total. The average molecular weight is 423 g/mol. The van der Waals surface area contributed by atoms with Crippen LogP contribution >= 0.6 is 0 Å². The van der Waals surface area contributed by atoms with Gasteiger partial charge in [0.2, 0.25) is 11.6 Å². The molecule has 0 unspecified atom stereocenters. The lowest BCUT2D eigenvalue weighted by atomic mass is 10.0. The van der Waals surface area contributed by atoms with Crippen molar-refractivity contribution in [3.8, 4) is 17.2 Å². The largest absolute Gasteiger partial charge is 0.493 e. The SMILES string of the molecule is COc1cc(C=CC(=O)Nc2nnc(Cc3ccc(C)c(C)c3)o2)cc(OC)c1OC. The van der Waals surface area contributed by atoms with E-state index in [9.17, 15) is 4.79 Å². The van der Waals surface area contributed by atoms with Crippen LogP contribution in [0.2, 0.25) is 0 Å². The van der Waals surface area contributed by atoms with E-state index in [0.29, 0.717) is 35.1 Å². The number of ether oxygens (including phenoxy) is 3. The Morgan fingerprint density at radius 1 is 1.00 bits per heavy atom. The third-order valence-corrected chi connectivity index (χ3v) is 4.74. The Labute approximate surface area is 180 Å². The van der Waals surface area contributed by atoms with Gasteiger partial charge in [-0.3, -0.25) is 10.1 Å². The minimum atomic E-state index is -0.407. The molecule has 0 atom stereocenters. The molecule has 1 N–H and O–H groups in total. The Balaban J connectivity index is 1.66. The smallest absolute Gasteiger partial charge is 0.322 e. The number of carbonyl (C=O) groups excluding carboxylic acids is 1. The molecule has 3 rings (SSSR count). The molecule has 0 radical (unpaired) electrons. The Morgan fingerprint density at radius 2 is 1.71 bits per heavy atom. The number of nitrogens with one attached hydrogen (secondary N) is 1. The maximum atomic E-state index is 12.3. The molecule has 3 aromatic rings. The molecule has 0 spiro atoms. The molecule has 0 aliphatic carbocycles. The molecule has 0 fully saturated rings. The molecule has 0 saturated heterocycles. The number of nitrogens with zero attached hydrogens (tertiary/aromatic N) is 2. The number of hydrogen-bond donors (Lipinski definition) is 1. The first kappa shape index (κ1) is 21.9. The second-order valence-corrected chi connectivity index (χ2v) is 6.88. The first-order valence-corrected chi connectivity index (χ1v) is 9.61. The van der Waals surface area contributed by atoms with Crippen molar-refractivity contribution < 1.29 is 23.4 Å². The zero-order chi connectivity index (χ0) is 22.4. The zero-order valence-corrected chi connectivity index (χ0v) is 18.2. The van der Waals surface area contributed by atoms with Gasteiger partial charge in [-0.15, -0.1) is 5.10 Å². The van der Waals surface area contributed by atoms with Crippen LogP contribution in [-0.4, -0.2) is 37.4 Å². The highest BCUT2D eigenvalue weighted by Gasteiger charge is 2.13. The van der Waals surface area contributed by atoms with Gasteiger partial charge in [-0.05, 0) is 54.3 Å². The fourth-order valence-corrected chi connectivity index (χ4v) is 2.98. The number of hydrogen-bond acceptors (Lipinski definition) is 7. The average Bonchev–Trinajstić information content (AvgIpc) is 3.20. The van der Waals surface area contributed by atoms with Gasteiger partial charge < -0.3 is 18.6 Å². The zero-order valence-electron chi connectivity index (χ0n) is 18.2. The summed E-state index contributed by atoms with van der Waals surface area (Å²) in [6, 6.07) is 9.66. The van der Waals surface area contributed by atoms with E-state index >= 15 is 0 Å². The van der Waals surface area contributed by atoms with Crippen molar-refractivity contribution >= 4 is 18.0 Å². The molecular weight excluding hydrogens is 398 g/mol. The van der Waals surface area contributed by atoms with Gasteiger partial charge in [-0.25, -0.2) is 0 Å². The summed E-state index contributed by atoms with van der Waals surface area (Å²) in [5.41, 5.74) is 4.18. The van der Waals surface area contributed by atoms with E-state index in [1.807, 2.05) is 6.07 Å². The van der Waals surface area contributed by atoms with Crippen LogP contribution in [0.3, 0.4) is 0 Å². The van der Waals surface area contributed by atoms with Crippen molar-refractivity contribution in [2.45, 2.75) is 20.3 Å².